The van der Waals surface area contributed by atoms with E-state index in [1.54, 1.807) is 18.2 Å². The number of nitrogens with one attached hydrogen (secondary N) is 1. The number of rotatable bonds is 5. The van der Waals surface area contributed by atoms with E-state index in [4.69, 9.17) is 16.3 Å². The minimum Gasteiger partial charge on any atom is -0.482 e. The van der Waals surface area contributed by atoms with Crippen molar-refractivity contribution in [3.8, 4) is 5.75 Å². The van der Waals surface area contributed by atoms with E-state index in [0.717, 1.165) is 12.0 Å². The Morgan fingerprint density at radius 3 is 2.79 bits per heavy atom. The number of carbonyl (C=O) groups is 2. The molecule has 2 aromatic rings. The molecule has 0 aromatic heterocycles. The third kappa shape index (κ3) is 3.86. The number of fused-ring (bicyclic) bond motifs is 1. The molecule has 1 N–H and O–H groups in total. The Labute approximate surface area is 145 Å². The highest BCUT2D eigenvalue weighted by atomic mass is 35.5. The molecule has 0 bridgehead atoms. The molecular formula is C18H17ClN2O3. The van der Waals surface area contributed by atoms with Crippen LogP contribution < -0.4 is 15.0 Å². The lowest BCUT2D eigenvalue weighted by Gasteiger charge is -2.29. The van der Waals surface area contributed by atoms with Crippen LogP contribution in [0.1, 0.15) is 5.56 Å². The second-order valence-electron chi connectivity index (χ2n) is 5.47. The average Bonchev–Trinajstić information content (AvgIpc) is 2.58. The van der Waals surface area contributed by atoms with Crippen LogP contribution in [0.15, 0.2) is 48.5 Å². The zero-order valence-corrected chi connectivity index (χ0v) is 13.8. The van der Waals surface area contributed by atoms with Crippen molar-refractivity contribution in [3.63, 3.8) is 0 Å². The summed E-state index contributed by atoms with van der Waals surface area (Å²) in [5.74, 6) is 0.0752. The Bertz CT molecular complexity index is 749. The minimum atomic E-state index is -0.261. The van der Waals surface area contributed by atoms with Gasteiger partial charge in [-0.25, -0.2) is 0 Å². The lowest BCUT2D eigenvalue weighted by molar-refractivity contribution is -0.125. The van der Waals surface area contributed by atoms with Crippen LogP contribution >= 0.6 is 11.6 Å². The predicted octanol–water partition coefficient (Wildman–Crippen LogP) is 2.42. The SMILES string of the molecule is O=C(CN1C(=O)COc2ccc(Cl)cc21)NCCc1ccccc1. The van der Waals surface area contributed by atoms with E-state index >= 15 is 0 Å². The van der Waals surface area contributed by atoms with Gasteiger partial charge in [0.1, 0.15) is 12.3 Å². The fourth-order valence-corrected chi connectivity index (χ4v) is 2.71. The van der Waals surface area contributed by atoms with Gasteiger partial charge in [0.05, 0.1) is 5.69 Å². The summed E-state index contributed by atoms with van der Waals surface area (Å²) in [6, 6.07) is 14.9. The van der Waals surface area contributed by atoms with Gasteiger partial charge in [0.15, 0.2) is 6.61 Å². The molecule has 1 aliphatic rings. The maximum Gasteiger partial charge on any atom is 0.265 e. The van der Waals surface area contributed by atoms with Crippen molar-refractivity contribution in [2.24, 2.45) is 0 Å². The first-order chi connectivity index (χ1) is 11.6. The van der Waals surface area contributed by atoms with E-state index in [9.17, 15) is 9.59 Å². The molecule has 5 nitrogen and oxygen atoms in total. The Hall–Kier alpha value is -2.53. The van der Waals surface area contributed by atoms with Gasteiger partial charge in [0, 0.05) is 11.6 Å². The van der Waals surface area contributed by atoms with Gasteiger partial charge >= 0.3 is 0 Å². The Morgan fingerprint density at radius 2 is 2.00 bits per heavy atom. The van der Waals surface area contributed by atoms with E-state index < -0.39 is 0 Å². The molecule has 2 amide bonds. The molecule has 0 atom stereocenters. The minimum absolute atomic E-state index is 0.0513. The second kappa shape index (κ2) is 7.36. The summed E-state index contributed by atoms with van der Waals surface area (Å²) in [4.78, 5) is 25.6. The average molecular weight is 345 g/mol. The molecule has 6 heteroatoms. The van der Waals surface area contributed by atoms with Crippen LogP contribution in [-0.4, -0.2) is 31.5 Å². The zero-order valence-electron chi connectivity index (χ0n) is 13.0. The Balaban J connectivity index is 1.60. The topological polar surface area (TPSA) is 58.6 Å². The van der Waals surface area contributed by atoms with Gasteiger partial charge in [0.2, 0.25) is 5.91 Å². The summed E-state index contributed by atoms with van der Waals surface area (Å²) in [7, 11) is 0. The van der Waals surface area contributed by atoms with Crippen LogP contribution in [0.3, 0.4) is 0 Å². The molecule has 24 heavy (non-hydrogen) atoms. The van der Waals surface area contributed by atoms with Crippen molar-refractivity contribution in [1.29, 1.82) is 0 Å². The van der Waals surface area contributed by atoms with E-state index in [-0.39, 0.29) is 25.0 Å². The largest absolute Gasteiger partial charge is 0.482 e. The normalized spacial score (nSPS) is 13.2. The summed E-state index contributed by atoms with van der Waals surface area (Å²) >= 11 is 5.98. The highest BCUT2D eigenvalue weighted by molar-refractivity contribution is 6.31. The number of hydrogen-bond donors (Lipinski definition) is 1. The molecule has 0 aliphatic carbocycles. The number of anilines is 1. The highest BCUT2D eigenvalue weighted by Crippen LogP contribution is 2.34. The molecule has 1 heterocycles. The van der Waals surface area contributed by atoms with Crippen LogP contribution in [0, 0.1) is 0 Å². The predicted molar refractivity (Wildman–Crippen MR) is 92.5 cm³/mol. The van der Waals surface area contributed by atoms with Gasteiger partial charge in [-0.15, -0.1) is 0 Å². The molecule has 0 radical (unpaired) electrons. The zero-order chi connectivity index (χ0) is 16.9. The first kappa shape index (κ1) is 16.3. The van der Waals surface area contributed by atoms with Crippen LogP contribution in [0.25, 0.3) is 0 Å². The standard InChI is InChI=1S/C18H17ClN2O3/c19-14-6-7-16-15(10-14)21(18(23)12-24-16)11-17(22)20-9-8-13-4-2-1-3-5-13/h1-7,10H,8-9,11-12H2,(H,20,22). The summed E-state index contributed by atoms with van der Waals surface area (Å²) in [6.45, 7) is 0.389. The van der Waals surface area contributed by atoms with E-state index in [0.29, 0.717) is 23.0 Å². The van der Waals surface area contributed by atoms with Crippen molar-refractivity contribution in [2.75, 3.05) is 24.6 Å². The van der Waals surface area contributed by atoms with Crippen LogP contribution in [0.4, 0.5) is 5.69 Å². The van der Waals surface area contributed by atoms with Crippen molar-refractivity contribution in [1.82, 2.24) is 5.32 Å². The summed E-state index contributed by atoms with van der Waals surface area (Å²) < 4.78 is 5.36. The van der Waals surface area contributed by atoms with E-state index in [2.05, 4.69) is 5.32 Å². The maximum absolute atomic E-state index is 12.2. The third-order valence-corrected chi connectivity index (χ3v) is 3.98. The number of hydrogen-bond acceptors (Lipinski definition) is 3. The summed E-state index contributed by atoms with van der Waals surface area (Å²) in [5, 5.41) is 3.33. The van der Waals surface area contributed by atoms with Crippen LogP contribution in [0.2, 0.25) is 5.02 Å². The molecule has 124 valence electrons. The summed E-state index contributed by atoms with van der Waals surface area (Å²) in [5.41, 5.74) is 1.68. The van der Waals surface area contributed by atoms with Gasteiger partial charge in [0.25, 0.3) is 5.91 Å². The summed E-state index contributed by atoms with van der Waals surface area (Å²) in [6.07, 6.45) is 0.742. The molecule has 0 unspecified atom stereocenters. The van der Waals surface area contributed by atoms with Crippen molar-refractivity contribution < 1.29 is 14.3 Å². The van der Waals surface area contributed by atoms with E-state index in [1.807, 2.05) is 30.3 Å². The molecule has 3 rings (SSSR count). The van der Waals surface area contributed by atoms with Crippen molar-refractivity contribution in [2.45, 2.75) is 6.42 Å². The van der Waals surface area contributed by atoms with Gasteiger partial charge in [-0.3, -0.25) is 14.5 Å². The van der Waals surface area contributed by atoms with Gasteiger partial charge in [-0.2, -0.15) is 0 Å². The van der Waals surface area contributed by atoms with Gasteiger partial charge in [-0.1, -0.05) is 41.9 Å². The van der Waals surface area contributed by atoms with Crippen molar-refractivity contribution in [3.05, 3.63) is 59.1 Å². The number of ether oxygens (including phenoxy) is 1. The van der Waals surface area contributed by atoms with Crippen molar-refractivity contribution >= 4 is 29.1 Å². The number of benzene rings is 2. The highest BCUT2D eigenvalue weighted by Gasteiger charge is 2.27. The molecule has 0 saturated carbocycles. The molecule has 0 spiro atoms. The molecular weight excluding hydrogens is 328 g/mol. The Morgan fingerprint density at radius 1 is 1.21 bits per heavy atom. The van der Waals surface area contributed by atoms with E-state index in [1.165, 1.54) is 4.90 Å². The molecule has 0 saturated heterocycles. The lowest BCUT2D eigenvalue weighted by Crippen LogP contribution is -2.45. The fourth-order valence-electron chi connectivity index (χ4n) is 2.54. The Kier molecular flexibility index (Phi) is 5.01. The smallest absolute Gasteiger partial charge is 0.265 e. The number of nitrogens with zero attached hydrogens (tertiary/aromatic N) is 1. The fraction of sp³-hybridized carbons (Fsp3) is 0.222. The monoisotopic (exact) mass is 344 g/mol. The first-order valence-corrected chi connectivity index (χ1v) is 8.04. The quantitative estimate of drug-likeness (QED) is 0.906. The second-order valence-corrected chi connectivity index (χ2v) is 5.90. The van der Waals surface area contributed by atoms with Crippen LogP contribution in [0.5, 0.6) is 5.75 Å². The number of carbonyl (C=O) groups excluding carboxylic acids is 2. The van der Waals surface area contributed by atoms with Crippen LogP contribution in [-0.2, 0) is 16.0 Å². The number of amides is 2. The first-order valence-electron chi connectivity index (χ1n) is 7.67. The third-order valence-electron chi connectivity index (χ3n) is 3.74. The molecule has 2 aromatic carbocycles. The number of halogens is 1. The van der Waals surface area contributed by atoms with Gasteiger partial charge < -0.3 is 10.1 Å². The lowest BCUT2D eigenvalue weighted by atomic mass is 10.1. The maximum atomic E-state index is 12.2. The molecule has 0 fully saturated rings. The molecule has 1 aliphatic heterocycles. The van der Waals surface area contributed by atoms with Gasteiger partial charge in [-0.05, 0) is 30.2 Å².